The molecular weight excluding hydrogens is 230 g/mol. The second-order valence-electron chi connectivity index (χ2n) is 2.97. The molecule has 1 rings (SSSR count). The molecule has 0 fully saturated rings. The number of hydrogen-bond acceptors (Lipinski definition) is 2. The number of halogens is 1. The van der Waals surface area contributed by atoms with E-state index < -0.39 is 0 Å². The van der Waals surface area contributed by atoms with Crippen LogP contribution in [0.2, 0.25) is 0 Å². The first kappa shape index (κ1) is 10.3. The van der Waals surface area contributed by atoms with E-state index in [2.05, 4.69) is 15.9 Å². The lowest BCUT2D eigenvalue weighted by molar-refractivity contribution is 0.0989. The van der Waals surface area contributed by atoms with Crippen LogP contribution in [0.25, 0.3) is 0 Å². The van der Waals surface area contributed by atoms with Crippen LogP contribution in [-0.4, -0.2) is 5.78 Å². The summed E-state index contributed by atoms with van der Waals surface area (Å²) in [5.41, 5.74) is 7.95. The Labute approximate surface area is 86.3 Å². The lowest BCUT2D eigenvalue weighted by Gasteiger charge is -2.06. The number of nitrogens with two attached hydrogens (primary N) is 1. The summed E-state index contributed by atoms with van der Waals surface area (Å²) >= 11 is 3.37. The van der Waals surface area contributed by atoms with Gasteiger partial charge in [-0.3, -0.25) is 4.79 Å². The van der Waals surface area contributed by atoms with Crippen LogP contribution in [0.15, 0.2) is 16.6 Å². The molecular formula is C10H12BrNO. The van der Waals surface area contributed by atoms with Gasteiger partial charge in [0, 0.05) is 22.1 Å². The number of Topliss-reactive ketones (excluding diaryl/α,β-unsaturated/α-hetero) is 1. The van der Waals surface area contributed by atoms with Gasteiger partial charge in [0.2, 0.25) is 0 Å². The van der Waals surface area contributed by atoms with Gasteiger partial charge in [0.1, 0.15) is 0 Å². The first-order valence-electron chi connectivity index (χ1n) is 4.15. The van der Waals surface area contributed by atoms with Crippen molar-refractivity contribution in [1.29, 1.82) is 0 Å². The van der Waals surface area contributed by atoms with Crippen molar-refractivity contribution in [3.8, 4) is 0 Å². The summed E-state index contributed by atoms with van der Waals surface area (Å²) in [4.78, 5) is 11.4. The predicted molar refractivity (Wildman–Crippen MR) is 57.9 cm³/mol. The Balaban J connectivity index is 3.23. The van der Waals surface area contributed by atoms with E-state index in [1.54, 1.807) is 6.07 Å². The molecule has 0 aliphatic rings. The van der Waals surface area contributed by atoms with Crippen LogP contribution in [0.4, 0.5) is 5.69 Å². The highest BCUT2D eigenvalue weighted by molar-refractivity contribution is 9.10. The number of benzene rings is 1. The molecule has 0 unspecified atom stereocenters. The quantitative estimate of drug-likeness (QED) is 0.640. The maximum absolute atomic E-state index is 11.4. The van der Waals surface area contributed by atoms with E-state index in [1.165, 1.54) is 0 Å². The van der Waals surface area contributed by atoms with Gasteiger partial charge in [-0.05, 0) is 24.6 Å². The van der Waals surface area contributed by atoms with Gasteiger partial charge in [-0.1, -0.05) is 22.9 Å². The molecule has 1 aromatic rings. The zero-order valence-electron chi connectivity index (χ0n) is 7.73. The molecule has 1 aromatic carbocycles. The minimum absolute atomic E-state index is 0.0817. The molecule has 0 bridgehead atoms. The van der Waals surface area contributed by atoms with Gasteiger partial charge in [0.15, 0.2) is 5.78 Å². The maximum Gasteiger partial charge on any atom is 0.164 e. The van der Waals surface area contributed by atoms with E-state index in [-0.39, 0.29) is 5.78 Å². The molecule has 0 saturated heterocycles. The Morgan fingerprint density at radius 2 is 2.15 bits per heavy atom. The van der Waals surface area contributed by atoms with Crippen LogP contribution < -0.4 is 5.73 Å². The van der Waals surface area contributed by atoms with E-state index in [0.29, 0.717) is 17.7 Å². The van der Waals surface area contributed by atoms with Gasteiger partial charge in [0.05, 0.1) is 0 Å². The number of nitrogen functional groups attached to an aromatic ring is 1. The third-order valence-corrected chi connectivity index (χ3v) is 2.81. The molecule has 0 atom stereocenters. The summed E-state index contributed by atoms with van der Waals surface area (Å²) in [6.45, 7) is 3.77. The van der Waals surface area contributed by atoms with Crippen molar-refractivity contribution < 1.29 is 4.79 Å². The van der Waals surface area contributed by atoms with Crippen LogP contribution in [0.1, 0.15) is 29.3 Å². The highest BCUT2D eigenvalue weighted by Gasteiger charge is 2.09. The smallest absolute Gasteiger partial charge is 0.164 e. The van der Waals surface area contributed by atoms with Gasteiger partial charge in [-0.2, -0.15) is 0 Å². The molecule has 0 aliphatic carbocycles. The van der Waals surface area contributed by atoms with Crippen molar-refractivity contribution in [2.75, 3.05) is 5.73 Å². The monoisotopic (exact) mass is 241 g/mol. The second-order valence-corrected chi connectivity index (χ2v) is 3.82. The molecule has 2 N–H and O–H groups in total. The fraction of sp³-hybridized carbons (Fsp3) is 0.300. The van der Waals surface area contributed by atoms with E-state index in [4.69, 9.17) is 5.73 Å². The zero-order valence-corrected chi connectivity index (χ0v) is 9.31. The van der Waals surface area contributed by atoms with Gasteiger partial charge in [-0.15, -0.1) is 0 Å². The Kier molecular flexibility index (Phi) is 3.09. The molecule has 0 amide bonds. The maximum atomic E-state index is 11.4. The largest absolute Gasteiger partial charge is 0.398 e. The number of hydrogen-bond donors (Lipinski definition) is 1. The summed E-state index contributed by atoms with van der Waals surface area (Å²) in [6.07, 6.45) is 0.486. The molecule has 3 heteroatoms. The summed E-state index contributed by atoms with van der Waals surface area (Å²) < 4.78 is 0.929. The predicted octanol–water partition coefficient (Wildman–Crippen LogP) is 2.93. The standard InChI is InChI=1S/C10H12BrNO/c1-3-10(13)7-5-8(11)6(2)4-9(7)12/h4-5H,3,12H2,1-2H3. The topological polar surface area (TPSA) is 43.1 Å². The fourth-order valence-corrected chi connectivity index (χ4v) is 1.48. The van der Waals surface area contributed by atoms with Crippen LogP contribution in [0.3, 0.4) is 0 Å². The zero-order chi connectivity index (χ0) is 10.0. The van der Waals surface area contributed by atoms with Crippen LogP contribution in [0.5, 0.6) is 0 Å². The molecule has 0 aromatic heterocycles. The van der Waals surface area contributed by atoms with Crippen molar-refractivity contribution in [2.45, 2.75) is 20.3 Å². The Morgan fingerprint density at radius 1 is 1.54 bits per heavy atom. The van der Waals surface area contributed by atoms with Crippen molar-refractivity contribution in [2.24, 2.45) is 0 Å². The molecule has 0 saturated carbocycles. The number of anilines is 1. The van der Waals surface area contributed by atoms with Gasteiger partial charge in [0.25, 0.3) is 0 Å². The third-order valence-electron chi connectivity index (χ3n) is 1.95. The van der Waals surface area contributed by atoms with E-state index in [0.717, 1.165) is 10.0 Å². The lowest BCUT2D eigenvalue weighted by Crippen LogP contribution is -2.02. The van der Waals surface area contributed by atoms with Crippen LogP contribution in [0, 0.1) is 6.92 Å². The average Bonchev–Trinajstić information content (AvgIpc) is 2.10. The van der Waals surface area contributed by atoms with Crippen molar-refractivity contribution >= 4 is 27.4 Å². The third kappa shape index (κ3) is 2.10. The Morgan fingerprint density at radius 3 is 2.69 bits per heavy atom. The van der Waals surface area contributed by atoms with Crippen LogP contribution in [-0.2, 0) is 0 Å². The van der Waals surface area contributed by atoms with Gasteiger partial charge >= 0.3 is 0 Å². The summed E-state index contributed by atoms with van der Waals surface area (Å²) in [5.74, 6) is 0.0817. The molecule has 2 nitrogen and oxygen atoms in total. The summed E-state index contributed by atoms with van der Waals surface area (Å²) in [5, 5.41) is 0. The van der Waals surface area contributed by atoms with Crippen molar-refractivity contribution in [3.63, 3.8) is 0 Å². The molecule has 0 heterocycles. The highest BCUT2D eigenvalue weighted by Crippen LogP contribution is 2.23. The number of carbonyl (C=O) groups is 1. The van der Waals surface area contributed by atoms with E-state index in [1.807, 2.05) is 19.9 Å². The van der Waals surface area contributed by atoms with E-state index in [9.17, 15) is 4.79 Å². The van der Waals surface area contributed by atoms with E-state index >= 15 is 0 Å². The van der Waals surface area contributed by atoms with Crippen LogP contribution >= 0.6 is 15.9 Å². The summed E-state index contributed by atoms with van der Waals surface area (Å²) in [7, 11) is 0. The highest BCUT2D eigenvalue weighted by atomic mass is 79.9. The first-order valence-corrected chi connectivity index (χ1v) is 4.94. The SMILES string of the molecule is CCC(=O)c1cc(Br)c(C)cc1N. The lowest BCUT2D eigenvalue weighted by atomic mass is 10.0. The Hall–Kier alpha value is -0.830. The molecule has 0 spiro atoms. The fourth-order valence-electron chi connectivity index (χ4n) is 1.14. The van der Waals surface area contributed by atoms with Gasteiger partial charge in [-0.25, -0.2) is 0 Å². The average molecular weight is 242 g/mol. The minimum Gasteiger partial charge on any atom is -0.398 e. The molecule has 70 valence electrons. The molecule has 13 heavy (non-hydrogen) atoms. The second kappa shape index (κ2) is 3.92. The Bertz CT molecular complexity index is 347. The number of carbonyl (C=O) groups excluding carboxylic acids is 1. The molecule has 0 aliphatic heterocycles. The number of ketones is 1. The van der Waals surface area contributed by atoms with Gasteiger partial charge < -0.3 is 5.73 Å². The number of rotatable bonds is 2. The first-order chi connectivity index (χ1) is 6.06. The number of aryl methyl sites for hydroxylation is 1. The van der Waals surface area contributed by atoms with Crippen molar-refractivity contribution in [3.05, 3.63) is 27.7 Å². The summed E-state index contributed by atoms with van der Waals surface area (Å²) in [6, 6.07) is 3.60. The minimum atomic E-state index is 0.0817. The molecule has 0 radical (unpaired) electrons. The normalized spacial score (nSPS) is 10.1. The van der Waals surface area contributed by atoms with Crippen molar-refractivity contribution in [1.82, 2.24) is 0 Å².